The van der Waals surface area contributed by atoms with Gasteiger partial charge in [0.2, 0.25) is 11.8 Å². The maximum absolute atomic E-state index is 12.5. The Morgan fingerprint density at radius 3 is 2.31 bits per heavy atom. The number of nitrogens with two attached hydrogens (primary N) is 1. The Hall–Kier alpha value is -3.44. The van der Waals surface area contributed by atoms with Crippen LogP contribution in [-0.4, -0.2) is 68.8 Å². The molecule has 29 heavy (non-hydrogen) atoms. The fourth-order valence-electron chi connectivity index (χ4n) is 2.74. The minimum Gasteiger partial charge on any atom is -0.481 e. The van der Waals surface area contributed by atoms with Crippen molar-refractivity contribution in [3.8, 4) is 0 Å². The molecule has 0 saturated heterocycles. The summed E-state index contributed by atoms with van der Waals surface area (Å²) in [7, 11) is 0. The van der Waals surface area contributed by atoms with Crippen molar-refractivity contribution in [1.29, 1.82) is 0 Å². The molecule has 3 atom stereocenters. The minimum absolute atomic E-state index is 0.0605. The molecule has 0 fully saturated rings. The molecular weight excluding hydrogens is 384 g/mol. The molecule has 2 amide bonds. The van der Waals surface area contributed by atoms with Crippen LogP contribution in [0.15, 0.2) is 30.5 Å². The molecule has 0 aliphatic carbocycles. The molecule has 0 saturated carbocycles. The highest BCUT2D eigenvalue weighted by molar-refractivity contribution is 5.94. The first kappa shape index (κ1) is 21.9. The molecule has 11 heteroatoms. The molecule has 2 rings (SSSR count). The van der Waals surface area contributed by atoms with Crippen molar-refractivity contribution in [2.24, 2.45) is 5.73 Å². The van der Waals surface area contributed by atoms with E-state index in [1.807, 2.05) is 12.1 Å². The van der Waals surface area contributed by atoms with Gasteiger partial charge in [-0.2, -0.15) is 0 Å². The van der Waals surface area contributed by atoms with Crippen LogP contribution in [0.25, 0.3) is 10.9 Å². The number of amides is 2. The van der Waals surface area contributed by atoms with Crippen LogP contribution in [0.1, 0.15) is 12.0 Å². The normalized spacial score (nSPS) is 14.0. The highest BCUT2D eigenvalue weighted by Gasteiger charge is 2.30. The van der Waals surface area contributed by atoms with Gasteiger partial charge in [-0.1, -0.05) is 18.2 Å². The second-order valence-electron chi connectivity index (χ2n) is 6.41. The Kier molecular flexibility index (Phi) is 7.28. The summed E-state index contributed by atoms with van der Waals surface area (Å²) in [5.74, 6) is -4.63. The van der Waals surface area contributed by atoms with E-state index in [1.54, 1.807) is 18.3 Å². The smallest absolute Gasteiger partial charge is 0.326 e. The lowest BCUT2D eigenvalue weighted by atomic mass is 10.0. The number of carboxylic acid groups (broad SMARTS) is 2. The third-order valence-corrected chi connectivity index (χ3v) is 4.26. The summed E-state index contributed by atoms with van der Waals surface area (Å²) in [6.07, 6.45) is 0.785. The first-order chi connectivity index (χ1) is 13.7. The molecule has 0 unspecified atom stereocenters. The number of carbonyl (C=O) groups is 4. The van der Waals surface area contributed by atoms with E-state index in [2.05, 4.69) is 15.6 Å². The SMILES string of the molecule is N[C@@H](CO)C(=O)N[C@@H](CC(=O)O)C(=O)N[C@@H](Cc1c[nH]c2ccccc12)C(=O)O. The number of carboxylic acids is 2. The predicted octanol–water partition coefficient (Wildman–Crippen LogP) is -1.44. The predicted molar refractivity (Wildman–Crippen MR) is 101 cm³/mol. The largest absolute Gasteiger partial charge is 0.481 e. The zero-order valence-electron chi connectivity index (χ0n) is 15.3. The monoisotopic (exact) mass is 406 g/mol. The molecular formula is C18H22N4O7. The Balaban J connectivity index is 2.15. The number of benzene rings is 1. The summed E-state index contributed by atoms with van der Waals surface area (Å²) in [5.41, 5.74) is 6.80. The number of aromatic amines is 1. The Morgan fingerprint density at radius 2 is 1.69 bits per heavy atom. The lowest BCUT2D eigenvalue weighted by molar-refractivity contribution is -0.143. The molecule has 156 valence electrons. The first-order valence-corrected chi connectivity index (χ1v) is 8.69. The number of aliphatic hydroxyl groups is 1. The number of carbonyl (C=O) groups excluding carboxylic acids is 2. The maximum Gasteiger partial charge on any atom is 0.326 e. The number of rotatable bonds is 10. The fraction of sp³-hybridized carbons (Fsp3) is 0.333. The van der Waals surface area contributed by atoms with E-state index in [4.69, 9.17) is 15.9 Å². The third kappa shape index (κ3) is 5.77. The molecule has 11 nitrogen and oxygen atoms in total. The molecule has 0 spiro atoms. The van der Waals surface area contributed by atoms with Gasteiger partial charge in [-0.05, 0) is 11.6 Å². The number of nitrogens with one attached hydrogen (secondary N) is 3. The van der Waals surface area contributed by atoms with Gasteiger partial charge in [-0.25, -0.2) is 4.79 Å². The van der Waals surface area contributed by atoms with Crippen LogP contribution in [-0.2, 0) is 25.6 Å². The van der Waals surface area contributed by atoms with E-state index in [0.29, 0.717) is 5.56 Å². The average Bonchev–Trinajstić information content (AvgIpc) is 3.08. The number of aliphatic carboxylic acids is 2. The number of fused-ring (bicyclic) bond motifs is 1. The number of para-hydroxylation sites is 1. The molecule has 8 N–H and O–H groups in total. The number of H-pyrrole nitrogens is 1. The van der Waals surface area contributed by atoms with Crippen molar-refractivity contribution >= 4 is 34.7 Å². The Labute approximate surface area is 164 Å². The Morgan fingerprint density at radius 1 is 1.03 bits per heavy atom. The van der Waals surface area contributed by atoms with Crippen LogP contribution in [0.4, 0.5) is 0 Å². The number of hydrogen-bond donors (Lipinski definition) is 7. The molecule has 1 aromatic carbocycles. The summed E-state index contributed by atoms with van der Waals surface area (Å²) in [5, 5.41) is 32.5. The number of hydrogen-bond acceptors (Lipinski definition) is 6. The highest BCUT2D eigenvalue weighted by atomic mass is 16.4. The highest BCUT2D eigenvalue weighted by Crippen LogP contribution is 2.19. The molecule has 0 radical (unpaired) electrons. The second kappa shape index (κ2) is 9.66. The number of aliphatic hydroxyl groups excluding tert-OH is 1. The van der Waals surface area contributed by atoms with Gasteiger partial charge in [0.1, 0.15) is 18.1 Å². The maximum atomic E-state index is 12.5. The van der Waals surface area contributed by atoms with E-state index < -0.39 is 54.9 Å². The van der Waals surface area contributed by atoms with Gasteiger partial charge in [0, 0.05) is 23.5 Å². The summed E-state index contributed by atoms with van der Waals surface area (Å²) in [4.78, 5) is 49.9. The minimum atomic E-state index is -1.55. The van der Waals surface area contributed by atoms with Crippen LogP contribution in [0.2, 0.25) is 0 Å². The Bertz CT molecular complexity index is 911. The summed E-state index contributed by atoms with van der Waals surface area (Å²) in [6.45, 7) is -0.703. The quantitative estimate of drug-likeness (QED) is 0.249. The van der Waals surface area contributed by atoms with Crippen LogP contribution in [0.5, 0.6) is 0 Å². The van der Waals surface area contributed by atoms with Gasteiger partial charge in [0.15, 0.2) is 0 Å². The van der Waals surface area contributed by atoms with E-state index in [1.165, 1.54) is 0 Å². The third-order valence-electron chi connectivity index (χ3n) is 4.26. The zero-order valence-corrected chi connectivity index (χ0v) is 15.3. The first-order valence-electron chi connectivity index (χ1n) is 8.69. The van der Waals surface area contributed by atoms with Gasteiger partial charge >= 0.3 is 11.9 Å². The van der Waals surface area contributed by atoms with Gasteiger partial charge in [-0.15, -0.1) is 0 Å². The molecule has 1 aromatic heterocycles. The lowest BCUT2D eigenvalue weighted by Gasteiger charge is -2.21. The van der Waals surface area contributed by atoms with E-state index >= 15 is 0 Å². The van der Waals surface area contributed by atoms with E-state index in [-0.39, 0.29) is 6.42 Å². The summed E-state index contributed by atoms with van der Waals surface area (Å²) >= 11 is 0. The molecule has 1 heterocycles. The van der Waals surface area contributed by atoms with Gasteiger partial charge in [0.05, 0.1) is 13.0 Å². The van der Waals surface area contributed by atoms with Crippen LogP contribution in [0, 0.1) is 0 Å². The standard InChI is InChI=1S/C18H22N4O7/c19-11(8-23)16(26)21-13(6-15(24)25)17(27)22-14(18(28)29)5-9-7-20-12-4-2-1-3-10(9)12/h1-4,7,11,13-14,20,23H,5-6,8,19H2,(H,21,26)(H,22,27)(H,24,25)(H,28,29)/t11-,13-,14-/m0/s1. The van der Waals surface area contributed by atoms with Crippen molar-refractivity contribution in [2.75, 3.05) is 6.61 Å². The van der Waals surface area contributed by atoms with Crippen molar-refractivity contribution in [3.63, 3.8) is 0 Å². The summed E-state index contributed by atoms with van der Waals surface area (Å²) in [6, 6.07) is 2.96. The van der Waals surface area contributed by atoms with Gasteiger partial charge in [0.25, 0.3) is 0 Å². The average molecular weight is 406 g/mol. The van der Waals surface area contributed by atoms with Crippen molar-refractivity contribution in [2.45, 2.75) is 31.0 Å². The summed E-state index contributed by atoms with van der Waals surface area (Å²) < 4.78 is 0. The van der Waals surface area contributed by atoms with Gasteiger partial charge in [-0.3, -0.25) is 14.4 Å². The van der Waals surface area contributed by atoms with Crippen molar-refractivity contribution in [1.82, 2.24) is 15.6 Å². The van der Waals surface area contributed by atoms with E-state index in [0.717, 1.165) is 10.9 Å². The lowest BCUT2D eigenvalue weighted by Crippen LogP contribution is -2.56. The van der Waals surface area contributed by atoms with Crippen LogP contribution >= 0.6 is 0 Å². The molecule has 2 aromatic rings. The fourth-order valence-corrected chi connectivity index (χ4v) is 2.74. The van der Waals surface area contributed by atoms with Crippen molar-refractivity contribution in [3.05, 3.63) is 36.0 Å². The number of aromatic nitrogens is 1. The second-order valence-corrected chi connectivity index (χ2v) is 6.41. The zero-order chi connectivity index (χ0) is 21.6. The van der Waals surface area contributed by atoms with Crippen molar-refractivity contribution < 1.29 is 34.5 Å². The van der Waals surface area contributed by atoms with Gasteiger partial charge < -0.3 is 36.7 Å². The van der Waals surface area contributed by atoms with Crippen LogP contribution < -0.4 is 16.4 Å². The molecule has 0 aliphatic rings. The van der Waals surface area contributed by atoms with Crippen LogP contribution in [0.3, 0.4) is 0 Å². The molecule has 0 aliphatic heterocycles. The van der Waals surface area contributed by atoms with E-state index in [9.17, 15) is 24.3 Å². The molecule has 0 bridgehead atoms. The topological polar surface area (TPSA) is 195 Å².